The second kappa shape index (κ2) is 7.29. The van der Waals surface area contributed by atoms with Crippen molar-refractivity contribution in [1.29, 1.82) is 0 Å². The largest absolute Gasteiger partial charge is 0.465 e. The minimum absolute atomic E-state index is 0.0588. The molecule has 0 bridgehead atoms. The van der Waals surface area contributed by atoms with E-state index in [0.717, 1.165) is 39.2 Å². The Bertz CT molecular complexity index is 708. The van der Waals surface area contributed by atoms with Crippen molar-refractivity contribution in [1.82, 2.24) is 4.72 Å². The van der Waals surface area contributed by atoms with Crippen molar-refractivity contribution in [2.75, 3.05) is 20.8 Å². The first-order chi connectivity index (χ1) is 11.3. The lowest BCUT2D eigenvalue weighted by Crippen LogP contribution is -2.41. The van der Waals surface area contributed by atoms with Crippen LogP contribution in [0.5, 0.6) is 0 Å². The van der Waals surface area contributed by atoms with Crippen molar-refractivity contribution < 1.29 is 27.5 Å². The number of ether oxygens (including phenoxy) is 2. The molecule has 24 heavy (non-hydrogen) atoms. The van der Waals surface area contributed by atoms with E-state index in [-0.39, 0.29) is 34.5 Å². The molecule has 0 aliphatic heterocycles. The maximum atomic E-state index is 12.6. The fraction of sp³-hybridized carbons (Fsp3) is 0.467. The Balaban J connectivity index is 2.42. The number of sulfonamides is 1. The minimum Gasteiger partial charge on any atom is -0.465 e. The second-order valence-corrected chi connectivity index (χ2v) is 7.24. The van der Waals surface area contributed by atoms with E-state index in [9.17, 15) is 18.0 Å². The number of carbonyl (C=O) groups excluding carboxylic acids is 2. The highest BCUT2D eigenvalue weighted by molar-refractivity contribution is 7.89. The summed E-state index contributed by atoms with van der Waals surface area (Å²) in [6.45, 7) is 0.171. The molecule has 2 rings (SSSR count). The second-order valence-electron chi connectivity index (χ2n) is 5.53. The molecular formula is C15H20N2O6S. The number of hydrogen-bond acceptors (Lipinski definition) is 7. The van der Waals surface area contributed by atoms with E-state index in [4.69, 9.17) is 5.73 Å². The third kappa shape index (κ3) is 4.11. The van der Waals surface area contributed by atoms with Crippen molar-refractivity contribution in [2.45, 2.75) is 23.8 Å². The highest BCUT2D eigenvalue weighted by Gasteiger charge is 2.34. The van der Waals surface area contributed by atoms with E-state index in [1.165, 1.54) is 6.07 Å². The molecule has 1 unspecified atom stereocenters. The van der Waals surface area contributed by atoms with Crippen molar-refractivity contribution in [2.24, 2.45) is 11.7 Å². The monoisotopic (exact) mass is 356 g/mol. The standard InChI is InChI=1S/C15H20N2O6S/c1-22-14(18)10-5-11(15(19)23-2)7-12(6-10)24(20,21)17-13(8-16)9-3-4-9/h5-7,9,13,17H,3-4,8,16H2,1-2H3. The van der Waals surface area contributed by atoms with Crippen LogP contribution in [0.2, 0.25) is 0 Å². The Morgan fingerprint density at radius 1 is 1.17 bits per heavy atom. The van der Waals surface area contributed by atoms with Gasteiger partial charge in [0.1, 0.15) is 0 Å². The lowest BCUT2D eigenvalue weighted by Gasteiger charge is -2.17. The smallest absolute Gasteiger partial charge is 0.337 e. The lowest BCUT2D eigenvalue weighted by atomic mass is 10.1. The molecule has 3 N–H and O–H groups in total. The van der Waals surface area contributed by atoms with E-state index < -0.39 is 22.0 Å². The van der Waals surface area contributed by atoms with Crippen LogP contribution < -0.4 is 10.5 Å². The SMILES string of the molecule is COC(=O)c1cc(C(=O)OC)cc(S(=O)(=O)NC(CN)C2CC2)c1. The zero-order valence-corrected chi connectivity index (χ0v) is 14.3. The maximum Gasteiger partial charge on any atom is 0.337 e. The molecule has 1 aliphatic carbocycles. The first-order valence-electron chi connectivity index (χ1n) is 7.36. The summed E-state index contributed by atoms with van der Waals surface area (Å²) < 4.78 is 36.9. The third-order valence-corrected chi connectivity index (χ3v) is 5.28. The van der Waals surface area contributed by atoms with Gasteiger partial charge in [0.05, 0.1) is 30.2 Å². The van der Waals surface area contributed by atoms with Gasteiger partial charge in [-0.1, -0.05) is 0 Å². The minimum atomic E-state index is -3.95. The molecule has 9 heteroatoms. The molecule has 0 saturated heterocycles. The zero-order chi connectivity index (χ0) is 17.9. The van der Waals surface area contributed by atoms with Crippen LogP contribution in [0.3, 0.4) is 0 Å². The van der Waals surface area contributed by atoms with Gasteiger partial charge in [0.2, 0.25) is 10.0 Å². The van der Waals surface area contributed by atoms with Crippen molar-refractivity contribution >= 4 is 22.0 Å². The Morgan fingerprint density at radius 2 is 1.67 bits per heavy atom. The highest BCUT2D eigenvalue weighted by Crippen LogP contribution is 2.33. The first kappa shape index (κ1) is 18.4. The van der Waals surface area contributed by atoms with Crippen LogP contribution in [0.1, 0.15) is 33.6 Å². The van der Waals surface area contributed by atoms with Gasteiger partial charge in [-0.3, -0.25) is 0 Å². The molecule has 8 nitrogen and oxygen atoms in total. The van der Waals surface area contributed by atoms with Crippen molar-refractivity contribution in [3.8, 4) is 0 Å². The fourth-order valence-corrected chi connectivity index (χ4v) is 3.72. The van der Waals surface area contributed by atoms with Gasteiger partial charge in [-0.15, -0.1) is 0 Å². The molecule has 1 saturated carbocycles. The summed E-state index contributed by atoms with van der Waals surface area (Å²) in [6, 6.07) is 3.15. The number of methoxy groups -OCH3 is 2. The maximum absolute atomic E-state index is 12.6. The molecular weight excluding hydrogens is 336 g/mol. The molecule has 1 aromatic rings. The third-order valence-electron chi connectivity index (χ3n) is 3.81. The first-order valence-corrected chi connectivity index (χ1v) is 8.84. The molecule has 1 fully saturated rings. The fourth-order valence-electron chi connectivity index (χ4n) is 2.33. The van der Waals surface area contributed by atoms with E-state index in [0.29, 0.717) is 0 Å². The van der Waals surface area contributed by atoms with Gasteiger partial charge in [0.15, 0.2) is 0 Å². The molecule has 0 radical (unpaired) electrons. The number of carbonyl (C=O) groups is 2. The number of nitrogens with two attached hydrogens (primary N) is 1. The van der Waals surface area contributed by atoms with E-state index >= 15 is 0 Å². The van der Waals surface area contributed by atoms with Crippen LogP contribution in [-0.4, -0.2) is 47.2 Å². The van der Waals surface area contributed by atoms with Gasteiger partial charge in [-0.2, -0.15) is 0 Å². The van der Waals surface area contributed by atoms with Crippen LogP contribution in [0.25, 0.3) is 0 Å². The summed E-state index contributed by atoms with van der Waals surface area (Å²) in [4.78, 5) is 23.3. The summed E-state index contributed by atoms with van der Waals surface area (Å²) in [5.41, 5.74) is 5.51. The Hall–Kier alpha value is -1.97. The summed E-state index contributed by atoms with van der Waals surface area (Å²) in [5.74, 6) is -1.29. The molecule has 0 heterocycles. The predicted molar refractivity (Wildman–Crippen MR) is 85.0 cm³/mol. The van der Waals surface area contributed by atoms with E-state index in [2.05, 4.69) is 14.2 Å². The summed E-state index contributed by atoms with van der Waals surface area (Å²) in [5, 5.41) is 0. The molecule has 132 valence electrons. The van der Waals surface area contributed by atoms with Gasteiger partial charge in [0, 0.05) is 12.6 Å². The number of esters is 2. The van der Waals surface area contributed by atoms with E-state index in [1.54, 1.807) is 0 Å². The van der Waals surface area contributed by atoms with Crippen LogP contribution >= 0.6 is 0 Å². The molecule has 1 atom stereocenters. The quantitative estimate of drug-likeness (QED) is 0.672. The van der Waals surface area contributed by atoms with Gasteiger partial charge in [-0.25, -0.2) is 22.7 Å². The number of benzene rings is 1. The molecule has 0 aromatic heterocycles. The van der Waals surface area contributed by atoms with Gasteiger partial charge >= 0.3 is 11.9 Å². The molecule has 1 aromatic carbocycles. The van der Waals surface area contributed by atoms with Crippen molar-refractivity contribution in [3.05, 3.63) is 29.3 Å². The normalized spacial score (nSPS) is 15.6. The van der Waals surface area contributed by atoms with Crippen molar-refractivity contribution in [3.63, 3.8) is 0 Å². The van der Waals surface area contributed by atoms with Crippen LogP contribution in [0, 0.1) is 5.92 Å². The Morgan fingerprint density at radius 3 is 2.04 bits per heavy atom. The average molecular weight is 356 g/mol. The zero-order valence-electron chi connectivity index (χ0n) is 13.4. The Labute approximate surface area is 140 Å². The number of rotatable bonds is 7. The van der Waals surface area contributed by atoms with Gasteiger partial charge in [0.25, 0.3) is 0 Å². The van der Waals surface area contributed by atoms with E-state index in [1.807, 2.05) is 0 Å². The van der Waals surface area contributed by atoms with Crippen LogP contribution in [-0.2, 0) is 19.5 Å². The topological polar surface area (TPSA) is 125 Å². The summed E-state index contributed by atoms with van der Waals surface area (Å²) in [6.07, 6.45) is 1.83. The van der Waals surface area contributed by atoms with Crippen LogP contribution in [0.4, 0.5) is 0 Å². The van der Waals surface area contributed by atoms with Gasteiger partial charge in [-0.05, 0) is 37.0 Å². The molecule has 0 spiro atoms. The number of nitrogens with one attached hydrogen (secondary N) is 1. The molecule has 1 aliphatic rings. The average Bonchev–Trinajstić information content (AvgIpc) is 3.42. The number of hydrogen-bond donors (Lipinski definition) is 2. The summed E-state index contributed by atoms with van der Waals surface area (Å²) in [7, 11) is -1.62. The predicted octanol–water partition coefficient (Wildman–Crippen LogP) is 0.275. The van der Waals surface area contributed by atoms with Gasteiger partial charge < -0.3 is 15.2 Å². The highest BCUT2D eigenvalue weighted by atomic mass is 32.2. The van der Waals surface area contributed by atoms with Crippen LogP contribution in [0.15, 0.2) is 23.1 Å². The lowest BCUT2D eigenvalue weighted by molar-refractivity contribution is 0.0598. The summed E-state index contributed by atoms with van der Waals surface area (Å²) >= 11 is 0. The Kier molecular flexibility index (Phi) is 5.58. The molecule has 0 amide bonds.